The van der Waals surface area contributed by atoms with Gasteiger partial charge in [0.2, 0.25) is 0 Å². The average molecular weight is 542 g/mol. The first-order chi connectivity index (χ1) is 18.7. The van der Waals surface area contributed by atoms with Crippen molar-refractivity contribution >= 4 is 11.8 Å². The molecule has 39 heavy (non-hydrogen) atoms. The van der Waals surface area contributed by atoms with Crippen LogP contribution in [0.15, 0.2) is 41.1 Å². The van der Waals surface area contributed by atoms with Gasteiger partial charge >= 0.3 is 12.1 Å². The average Bonchev–Trinajstić information content (AvgIpc) is 3.62. The number of benzene rings is 1. The van der Waals surface area contributed by atoms with Gasteiger partial charge in [-0.15, -0.1) is 0 Å². The van der Waals surface area contributed by atoms with Gasteiger partial charge in [0.05, 0.1) is 30.9 Å². The molecule has 0 N–H and O–H groups in total. The minimum absolute atomic E-state index is 0.00697. The molecular weight excluding hydrogens is 511 g/mol. The highest BCUT2D eigenvalue weighted by atomic mass is 19.4. The zero-order chi connectivity index (χ0) is 27.3. The quantitative estimate of drug-likeness (QED) is 0.318. The molecular formula is C29H30F3N3O4. The van der Waals surface area contributed by atoms with E-state index in [0.717, 1.165) is 73.2 Å². The second-order valence-electron chi connectivity index (χ2n) is 10.7. The summed E-state index contributed by atoms with van der Waals surface area (Å²) in [6, 6.07) is 9.07. The lowest BCUT2D eigenvalue weighted by Crippen LogP contribution is -2.46. The molecule has 2 aromatic heterocycles. The van der Waals surface area contributed by atoms with E-state index in [1.807, 2.05) is 23.1 Å². The van der Waals surface area contributed by atoms with Crippen LogP contribution in [0.1, 0.15) is 77.3 Å². The molecule has 3 aliphatic rings. The molecule has 1 aliphatic carbocycles. The van der Waals surface area contributed by atoms with Gasteiger partial charge in [0.1, 0.15) is 17.3 Å². The van der Waals surface area contributed by atoms with E-state index in [2.05, 4.69) is 27.9 Å². The standard InChI is InChI=1S/C29H30F3N3O4/c1-16-5-3-4-6-21(16)26-23(27(39-34-26)17-7-8-17)15-38-20-11-18-9-10-19(12-20)35(18)25-13-24(29(30,31)32)22(14-33-25)28(36)37-2/h3-6,13-14,17-20H,7-12,15H2,1-2H3/t18-,19?,20-/m0/s1. The fourth-order valence-corrected chi connectivity index (χ4v) is 6.11. The van der Waals surface area contributed by atoms with Gasteiger partial charge in [0.25, 0.3) is 0 Å². The van der Waals surface area contributed by atoms with Crippen LogP contribution < -0.4 is 4.90 Å². The minimum atomic E-state index is -4.70. The molecule has 10 heteroatoms. The second kappa shape index (κ2) is 9.97. The molecule has 4 heterocycles. The van der Waals surface area contributed by atoms with Crippen LogP contribution in [-0.2, 0) is 22.3 Å². The van der Waals surface area contributed by atoms with Crippen molar-refractivity contribution in [1.29, 1.82) is 0 Å². The van der Waals surface area contributed by atoms with E-state index in [1.165, 1.54) is 0 Å². The number of hydrogen-bond acceptors (Lipinski definition) is 7. The van der Waals surface area contributed by atoms with Crippen LogP contribution in [0.4, 0.5) is 19.0 Å². The molecule has 0 amide bonds. The molecule has 2 aliphatic heterocycles. The number of methoxy groups -OCH3 is 1. The molecule has 3 atom stereocenters. The summed E-state index contributed by atoms with van der Waals surface area (Å²) in [6.45, 7) is 2.43. The molecule has 6 rings (SSSR count). The number of aryl methyl sites for hydroxylation is 1. The van der Waals surface area contributed by atoms with Crippen LogP contribution in [0.2, 0.25) is 0 Å². The molecule has 3 fully saturated rings. The van der Waals surface area contributed by atoms with Crippen LogP contribution in [0.25, 0.3) is 11.3 Å². The lowest BCUT2D eigenvalue weighted by molar-refractivity contribution is -0.138. The smallest absolute Gasteiger partial charge is 0.417 e. The molecule has 0 spiro atoms. The molecule has 0 radical (unpaired) electrons. The predicted molar refractivity (Wildman–Crippen MR) is 136 cm³/mol. The van der Waals surface area contributed by atoms with E-state index in [-0.39, 0.29) is 24.0 Å². The number of carbonyl (C=O) groups is 1. The Morgan fingerprint density at radius 2 is 1.85 bits per heavy atom. The summed E-state index contributed by atoms with van der Waals surface area (Å²) in [5.74, 6) is 0.468. The van der Waals surface area contributed by atoms with Gasteiger partial charge < -0.3 is 18.9 Å². The normalized spacial score (nSPS) is 22.8. The summed E-state index contributed by atoms with van der Waals surface area (Å²) in [4.78, 5) is 18.2. The van der Waals surface area contributed by atoms with Gasteiger partial charge in [-0.3, -0.25) is 0 Å². The first-order valence-electron chi connectivity index (χ1n) is 13.3. The third-order valence-corrected chi connectivity index (χ3v) is 8.18. The predicted octanol–water partition coefficient (Wildman–Crippen LogP) is 6.44. The van der Waals surface area contributed by atoms with Crippen molar-refractivity contribution in [2.45, 2.75) is 82.3 Å². The minimum Gasteiger partial charge on any atom is -0.465 e. The van der Waals surface area contributed by atoms with E-state index in [1.54, 1.807) is 0 Å². The SMILES string of the molecule is COC(=O)c1cnc(N2C3CC[C@H]2C[C@H](OCc2c(-c4ccccc4C)noc2C2CC2)C3)cc1C(F)(F)F. The Morgan fingerprint density at radius 3 is 2.49 bits per heavy atom. The molecule has 7 nitrogen and oxygen atoms in total. The Balaban J connectivity index is 1.20. The number of ether oxygens (including phenoxy) is 2. The molecule has 206 valence electrons. The highest BCUT2D eigenvalue weighted by Gasteiger charge is 2.44. The number of piperidine rings is 1. The molecule has 3 aromatic rings. The summed E-state index contributed by atoms with van der Waals surface area (Å²) in [5, 5.41) is 4.42. The topological polar surface area (TPSA) is 77.7 Å². The lowest BCUT2D eigenvalue weighted by Gasteiger charge is -2.40. The number of fused-ring (bicyclic) bond motifs is 2. The summed E-state index contributed by atoms with van der Waals surface area (Å²) in [7, 11) is 1.05. The van der Waals surface area contributed by atoms with Gasteiger partial charge in [-0.1, -0.05) is 29.4 Å². The van der Waals surface area contributed by atoms with Crippen molar-refractivity contribution in [2.24, 2.45) is 0 Å². The molecule has 1 aromatic carbocycles. The van der Waals surface area contributed by atoms with Crippen molar-refractivity contribution in [3.8, 4) is 11.3 Å². The maximum absolute atomic E-state index is 13.8. The highest BCUT2D eigenvalue weighted by Crippen LogP contribution is 2.46. The van der Waals surface area contributed by atoms with Crippen molar-refractivity contribution in [2.75, 3.05) is 12.0 Å². The van der Waals surface area contributed by atoms with Gasteiger partial charge in [-0.05, 0) is 57.1 Å². The zero-order valence-corrected chi connectivity index (χ0v) is 21.8. The van der Waals surface area contributed by atoms with Gasteiger partial charge in [0.15, 0.2) is 0 Å². The van der Waals surface area contributed by atoms with Crippen molar-refractivity contribution in [3.63, 3.8) is 0 Å². The van der Waals surface area contributed by atoms with Crippen molar-refractivity contribution in [1.82, 2.24) is 10.1 Å². The highest BCUT2D eigenvalue weighted by molar-refractivity contribution is 5.91. The van der Waals surface area contributed by atoms with Crippen molar-refractivity contribution in [3.05, 3.63) is 64.5 Å². The van der Waals surface area contributed by atoms with Crippen LogP contribution in [0.5, 0.6) is 0 Å². The Labute approximate surface area is 224 Å². The van der Waals surface area contributed by atoms with Gasteiger partial charge in [-0.25, -0.2) is 9.78 Å². The van der Waals surface area contributed by atoms with E-state index >= 15 is 0 Å². The number of anilines is 1. The van der Waals surface area contributed by atoms with E-state index in [9.17, 15) is 18.0 Å². The number of rotatable bonds is 7. The lowest BCUT2D eigenvalue weighted by atomic mass is 9.98. The van der Waals surface area contributed by atoms with Crippen LogP contribution in [0, 0.1) is 6.92 Å². The van der Waals surface area contributed by atoms with Crippen LogP contribution in [-0.4, -0.2) is 41.4 Å². The van der Waals surface area contributed by atoms with E-state index in [4.69, 9.17) is 9.26 Å². The fourth-order valence-electron chi connectivity index (χ4n) is 6.11. The maximum Gasteiger partial charge on any atom is 0.417 e. The molecule has 1 saturated carbocycles. The summed E-state index contributed by atoms with van der Waals surface area (Å²) in [6.07, 6.45) is 1.46. The summed E-state index contributed by atoms with van der Waals surface area (Å²) < 4.78 is 58.2. The van der Waals surface area contributed by atoms with Gasteiger partial charge in [-0.2, -0.15) is 13.2 Å². The summed E-state index contributed by atoms with van der Waals surface area (Å²) in [5.41, 5.74) is 2.36. The Kier molecular flexibility index (Phi) is 6.61. The van der Waals surface area contributed by atoms with Crippen LogP contribution >= 0.6 is 0 Å². The molecule has 2 saturated heterocycles. The number of pyridine rings is 1. The first kappa shape index (κ1) is 25.9. The number of carbonyl (C=O) groups excluding carboxylic acids is 1. The number of halogens is 3. The van der Waals surface area contributed by atoms with E-state index in [0.29, 0.717) is 25.4 Å². The van der Waals surface area contributed by atoms with Gasteiger partial charge in [0, 0.05) is 35.3 Å². The Hall–Kier alpha value is -3.40. The number of nitrogens with zero attached hydrogens (tertiary/aromatic N) is 3. The number of esters is 1. The zero-order valence-electron chi connectivity index (χ0n) is 21.8. The number of alkyl halides is 3. The van der Waals surface area contributed by atoms with Crippen LogP contribution in [0.3, 0.4) is 0 Å². The third-order valence-electron chi connectivity index (χ3n) is 8.18. The maximum atomic E-state index is 13.8. The molecule has 2 bridgehead atoms. The monoisotopic (exact) mass is 541 g/mol. The van der Waals surface area contributed by atoms with E-state index < -0.39 is 23.3 Å². The third kappa shape index (κ3) is 4.90. The Morgan fingerprint density at radius 1 is 1.13 bits per heavy atom. The largest absolute Gasteiger partial charge is 0.465 e. The Bertz CT molecular complexity index is 1370. The fraction of sp³-hybridized carbons (Fsp3) is 0.483. The van der Waals surface area contributed by atoms with Crippen molar-refractivity contribution < 1.29 is 32.0 Å². The summed E-state index contributed by atoms with van der Waals surface area (Å²) >= 11 is 0. The molecule has 1 unspecified atom stereocenters. The second-order valence-corrected chi connectivity index (χ2v) is 10.7. The number of hydrogen-bond donors (Lipinski definition) is 0. The number of aromatic nitrogens is 2. The first-order valence-corrected chi connectivity index (χ1v) is 13.3.